The summed E-state index contributed by atoms with van der Waals surface area (Å²) >= 11 is 0. The predicted octanol–water partition coefficient (Wildman–Crippen LogP) is 6.87. The summed E-state index contributed by atoms with van der Waals surface area (Å²) in [5.74, 6) is 1.22. The number of aliphatic hydroxyl groups is 2. The van der Waals surface area contributed by atoms with Crippen LogP contribution in [0.3, 0.4) is 0 Å². The van der Waals surface area contributed by atoms with Crippen molar-refractivity contribution >= 4 is 44.7 Å². The number of aromatic nitrogens is 4. The van der Waals surface area contributed by atoms with E-state index in [9.17, 15) is 10.2 Å². The van der Waals surface area contributed by atoms with E-state index < -0.39 is 0 Å². The quantitative estimate of drug-likeness (QED) is 0.302. The van der Waals surface area contributed by atoms with Crippen molar-refractivity contribution < 1.29 is 10.2 Å². The Labute approximate surface area is 228 Å². The summed E-state index contributed by atoms with van der Waals surface area (Å²) in [6.45, 7) is 14.6. The second-order valence-corrected chi connectivity index (χ2v) is 11.4. The number of aliphatic hydroxyl groups excluding tert-OH is 2. The van der Waals surface area contributed by atoms with E-state index in [1.54, 1.807) is 6.92 Å². The number of aromatic amines is 2. The van der Waals surface area contributed by atoms with Crippen molar-refractivity contribution in [1.82, 2.24) is 19.9 Å². The van der Waals surface area contributed by atoms with E-state index in [1.807, 2.05) is 6.92 Å². The molecular weight excluding hydrogens is 484 g/mol. The molecule has 202 valence electrons. The molecule has 0 fully saturated rings. The molecule has 0 saturated heterocycles. The molecule has 3 aromatic heterocycles. The van der Waals surface area contributed by atoms with Gasteiger partial charge < -0.3 is 20.2 Å². The summed E-state index contributed by atoms with van der Waals surface area (Å²) < 4.78 is 0. The molecule has 3 aliphatic rings. The van der Waals surface area contributed by atoms with E-state index in [0.29, 0.717) is 12.2 Å². The van der Waals surface area contributed by atoms with Crippen LogP contribution in [0.1, 0.15) is 105 Å². The van der Waals surface area contributed by atoms with Crippen LogP contribution in [-0.2, 0) is 6.42 Å². The van der Waals surface area contributed by atoms with Gasteiger partial charge in [-0.15, -0.1) is 0 Å². The van der Waals surface area contributed by atoms with E-state index >= 15 is 0 Å². The molecule has 1 aliphatic carbocycles. The molecule has 0 aromatic carbocycles. The van der Waals surface area contributed by atoms with Crippen LogP contribution >= 0.6 is 0 Å². The van der Waals surface area contributed by atoms with Crippen LogP contribution in [0.4, 0.5) is 0 Å². The van der Waals surface area contributed by atoms with Crippen molar-refractivity contribution in [3.05, 3.63) is 68.1 Å². The van der Waals surface area contributed by atoms with Gasteiger partial charge in [-0.3, -0.25) is 4.98 Å². The highest BCUT2D eigenvalue weighted by atomic mass is 16.3. The van der Waals surface area contributed by atoms with Gasteiger partial charge in [0.2, 0.25) is 0 Å². The van der Waals surface area contributed by atoms with Crippen molar-refractivity contribution in [3.63, 3.8) is 0 Å². The highest BCUT2D eigenvalue weighted by molar-refractivity contribution is 5.93. The molecule has 3 aromatic rings. The Hall–Kier alpha value is -3.80. The van der Waals surface area contributed by atoms with Crippen LogP contribution in [0.25, 0.3) is 44.7 Å². The topological polar surface area (TPSA) is 97.8 Å². The van der Waals surface area contributed by atoms with Crippen molar-refractivity contribution in [2.75, 3.05) is 0 Å². The molecule has 5 heterocycles. The van der Waals surface area contributed by atoms with Crippen LogP contribution in [0.2, 0.25) is 0 Å². The average Bonchev–Trinajstić information content (AvgIpc) is 3.63. The third kappa shape index (κ3) is 3.75. The number of rotatable bonds is 3. The summed E-state index contributed by atoms with van der Waals surface area (Å²) in [5, 5.41) is 23.6. The summed E-state index contributed by atoms with van der Waals surface area (Å²) in [5.41, 5.74) is 13.2. The fourth-order valence-corrected chi connectivity index (χ4v) is 6.94. The molecule has 6 nitrogen and oxygen atoms in total. The molecule has 6 rings (SSSR count). The largest absolute Gasteiger partial charge is 0.512 e. The molecule has 2 aliphatic heterocycles. The number of fused-ring (bicyclic) bond motifs is 8. The molecular formula is C33H38N4O2. The third-order valence-electron chi connectivity index (χ3n) is 9.08. The number of H-pyrrole nitrogens is 2. The third-order valence-corrected chi connectivity index (χ3v) is 9.08. The number of nitrogens with one attached hydrogen (secondary N) is 2. The standard InChI is InChI=1S/C33H38N4O2/c1-8-10-21-16(4)24-12-25-17(5)30(19(7)38)28(35-25)14-23-15(3)20(9-2)27(34-23)13-26-18(6)31-29(39)11-22(32(21)36-24)33(31)37-26/h12-14,16,21,35,37-39H,8-11H2,1-7H3/t16-,21-/m0/s1. The molecule has 6 heteroatoms. The zero-order valence-electron chi connectivity index (χ0n) is 24.0. The highest BCUT2D eigenvalue weighted by Crippen LogP contribution is 2.42. The lowest BCUT2D eigenvalue weighted by atomic mass is 9.86. The molecule has 4 N–H and O–H groups in total. The number of aryl methyl sites for hydroxylation is 2. The fourth-order valence-electron chi connectivity index (χ4n) is 6.94. The second kappa shape index (κ2) is 9.15. The molecule has 0 unspecified atom stereocenters. The maximum absolute atomic E-state index is 11.1. The van der Waals surface area contributed by atoms with Gasteiger partial charge in [0.25, 0.3) is 0 Å². The van der Waals surface area contributed by atoms with Gasteiger partial charge in [0.15, 0.2) is 0 Å². The smallest absolute Gasteiger partial charge is 0.106 e. The van der Waals surface area contributed by atoms with Crippen LogP contribution in [0.5, 0.6) is 0 Å². The number of allylic oxidation sites excluding steroid dienone is 2. The first-order valence-corrected chi connectivity index (χ1v) is 14.2. The average molecular weight is 523 g/mol. The lowest BCUT2D eigenvalue weighted by molar-refractivity contribution is 0.488. The Bertz CT molecular complexity index is 1870. The van der Waals surface area contributed by atoms with Crippen molar-refractivity contribution in [3.8, 4) is 0 Å². The molecule has 8 bridgehead atoms. The lowest BCUT2D eigenvalue weighted by Gasteiger charge is -2.16. The maximum Gasteiger partial charge on any atom is 0.106 e. The van der Waals surface area contributed by atoms with Crippen LogP contribution in [-0.4, -0.2) is 30.1 Å². The molecule has 0 radical (unpaired) electrons. The number of hydrogen-bond acceptors (Lipinski definition) is 4. The minimum Gasteiger partial charge on any atom is -0.512 e. The SMILES string of the molecule is CCC[C@@H]1c2nc(cc3[nH]c(cc4nc(cc5[nH]c6c2CC(O)=c6c5C)C(CC)=C4C)c(=C(C)O)c3C)[C@H]1C. The van der Waals surface area contributed by atoms with Gasteiger partial charge >= 0.3 is 0 Å². The normalized spacial score (nSPS) is 19.3. The number of hydrogen-bond donors (Lipinski definition) is 4. The van der Waals surface area contributed by atoms with Gasteiger partial charge in [0, 0.05) is 51.0 Å². The minimum atomic E-state index is 0.238. The molecule has 0 amide bonds. The zero-order valence-corrected chi connectivity index (χ0v) is 24.0. The first-order chi connectivity index (χ1) is 18.6. The first-order valence-electron chi connectivity index (χ1n) is 14.2. The maximum atomic E-state index is 11.1. The predicted molar refractivity (Wildman–Crippen MR) is 160 cm³/mol. The van der Waals surface area contributed by atoms with Gasteiger partial charge in [-0.05, 0) is 81.0 Å². The van der Waals surface area contributed by atoms with Crippen molar-refractivity contribution in [2.45, 2.75) is 86.0 Å². The minimum absolute atomic E-state index is 0.238. The summed E-state index contributed by atoms with van der Waals surface area (Å²) in [7, 11) is 0. The van der Waals surface area contributed by atoms with Gasteiger partial charge in [0.05, 0.1) is 33.9 Å². The Morgan fingerprint density at radius 1 is 0.974 bits per heavy atom. The first kappa shape index (κ1) is 25.5. The lowest BCUT2D eigenvalue weighted by Crippen LogP contribution is -2.05. The second-order valence-electron chi connectivity index (χ2n) is 11.4. The van der Waals surface area contributed by atoms with E-state index in [-0.39, 0.29) is 17.6 Å². The van der Waals surface area contributed by atoms with Crippen LogP contribution < -0.4 is 10.4 Å². The van der Waals surface area contributed by atoms with E-state index in [2.05, 4.69) is 62.8 Å². The summed E-state index contributed by atoms with van der Waals surface area (Å²) in [4.78, 5) is 17.6. The van der Waals surface area contributed by atoms with E-state index in [4.69, 9.17) is 9.97 Å². The van der Waals surface area contributed by atoms with Gasteiger partial charge in [-0.25, -0.2) is 4.98 Å². The van der Waals surface area contributed by atoms with E-state index in [1.165, 1.54) is 5.57 Å². The Kier molecular flexibility index (Phi) is 5.97. The molecule has 0 saturated carbocycles. The van der Waals surface area contributed by atoms with Gasteiger partial charge in [0.1, 0.15) is 5.76 Å². The van der Waals surface area contributed by atoms with Gasteiger partial charge in [-0.1, -0.05) is 27.2 Å². The zero-order chi connectivity index (χ0) is 27.7. The monoisotopic (exact) mass is 522 g/mol. The van der Waals surface area contributed by atoms with Crippen molar-refractivity contribution in [1.29, 1.82) is 0 Å². The molecule has 2 atom stereocenters. The molecule has 0 spiro atoms. The summed E-state index contributed by atoms with van der Waals surface area (Å²) in [6.07, 6.45) is 3.46. The fraction of sp³-hybridized carbons (Fsp3) is 0.394. The van der Waals surface area contributed by atoms with Crippen molar-refractivity contribution in [2.24, 2.45) is 0 Å². The summed E-state index contributed by atoms with van der Waals surface area (Å²) in [6, 6.07) is 6.33. The van der Waals surface area contributed by atoms with Gasteiger partial charge in [-0.2, -0.15) is 0 Å². The van der Waals surface area contributed by atoms with E-state index in [0.717, 1.165) is 96.8 Å². The Balaban J connectivity index is 1.84. The number of nitrogens with zero attached hydrogens (tertiary/aromatic N) is 2. The van der Waals surface area contributed by atoms with Crippen LogP contribution in [0.15, 0.2) is 18.2 Å². The van der Waals surface area contributed by atoms with Crippen LogP contribution in [0, 0.1) is 13.8 Å². The Morgan fingerprint density at radius 2 is 1.69 bits per heavy atom. The molecule has 39 heavy (non-hydrogen) atoms. The highest BCUT2D eigenvalue weighted by Gasteiger charge is 2.33. The Morgan fingerprint density at radius 3 is 2.38 bits per heavy atom.